The first-order chi connectivity index (χ1) is 7.50. The third-order valence-electron chi connectivity index (χ3n) is 2.26. The first kappa shape index (κ1) is 12.6. The molecule has 90 valence electrons. The van der Waals surface area contributed by atoms with E-state index in [4.69, 9.17) is 0 Å². The summed E-state index contributed by atoms with van der Waals surface area (Å²) in [6.07, 6.45) is 2.40. The van der Waals surface area contributed by atoms with Gasteiger partial charge in [-0.3, -0.25) is 9.48 Å². The molecule has 0 saturated carbocycles. The third kappa shape index (κ3) is 3.62. The van der Waals surface area contributed by atoms with Gasteiger partial charge in [0.2, 0.25) is 5.91 Å². The largest absolute Gasteiger partial charge is 0.347 e. The number of nitrogens with zero attached hydrogens (tertiary/aromatic N) is 4. The highest BCUT2D eigenvalue weighted by Crippen LogP contribution is 1.91. The number of carbonyl (C=O) groups is 1. The van der Waals surface area contributed by atoms with Gasteiger partial charge in [-0.15, -0.1) is 0 Å². The summed E-state index contributed by atoms with van der Waals surface area (Å²) in [5, 5.41) is 7.30. The maximum absolute atomic E-state index is 11.5. The van der Waals surface area contributed by atoms with Gasteiger partial charge < -0.3 is 10.2 Å². The average molecular weight is 225 g/mol. The van der Waals surface area contributed by atoms with Crippen LogP contribution in [0.15, 0.2) is 6.33 Å². The van der Waals surface area contributed by atoms with E-state index in [0.29, 0.717) is 6.54 Å². The van der Waals surface area contributed by atoms with E-state index in [1.165, 1.54) is 0 Å². The Morgan fingerprint density at radius 2 is 2.31 bits per heavy atom. The lowest BCUT2D eigenvalue weighted by molar-refractivity contribution is -0.130. The third-order valence-corrected chi connectivity index (χ3v) is 2.26. The molecule has 0 spiro atoms. The molecular weight excluding hydrogens is 206 g/mol. The Bertz CT molecular complexity index is 347. The fraction of sp³-hybridized carbons (Fsp3) is 0.700. The van der Waals surface area contributed by atoms with E-state index in [0.717, 1.165) is 12.2 Å². The standard InChI is InChI=1S/C10H19N5O/c1-8(10(16)14(2)3)11-6-5-9-12-7-15(4)13-9/h7-8,11H,5-6H2,1-4H3. The molecule has 0 aliphatic rings. The van der Waals surface area contributed by atoms with Crippen molar-refractivity contribution in [2.24, 2.45) is 7.05 Å². The van der Waals surface area contributed by atoms with Crippen molar-refractivity contribution in [3.63, 3.8) is 0 Å². The monoisotopic (exact) mass is 225 g/mol. The van der Waals surface area contributed by atoms with E-state index in [2.05, 4.69) is 15.4 Å². The van der Waals surface area contributed by atoms with Crippen LogP contribution in [-0.4, -0.2) is 52.3 Å². The fourth-order valence-electron chi connectivity index (χ4n) is 1.37. The zero-order chi connectivity index (χ0) is 12.1. The Morgan fingerprint density at radius 1 is 1.62 bits per heavy atom. The molecule has 1 N–H and O–H groups in total. The van der Waals surface area contributed by atoms with E-state index >= 15 is 0 Å². The molecule has 1 unspecified atom stereocenters. The Morgan fingerprint density at radius 3 is 2.81 bits per heavy atom. The number of nitrogens with one attached hydrogen (secondary N) is 1. The fourth-order valence-corrected chi connectivity index (χ4v) is 1.37. The normalized spacial score (nSPS) is 12.5. The summed E-state index contributed by atoms with van der Waals surface area (Å²) in [6, 6.07) is -0.168. The molecule has 0 saturated heterocycles. The van der Waals surface area contributed by atoms with Crippen molar-refractivity contribution in [2.75, 3.05) is 20.6 Å². The molecule has 1 heterocycles. The van der Waals surface area contributed by atoms with Crippen LogP contribution in [0.3, 0.4) is 0 Å². The molecule has 6 nitrogen and oxygen atoms in total. The van der Waals surface area contributed by atoms with Crippen LogP contribution in [-0.2, 0) is 18.3 Å². The van der Waals surface area contributed by atoms with Crippen LogP contribution in [0.5, 0.6) is 0 Å². The summed E-state index contributed by atoms with van der Waals surface area (Å²) in [5.74, 6) is 0.869. The molecule has 0 radical (unpaired) electrons. The molecule has 6 heteroatoms. The summed E-state index contributed by atoms with van der Waals surface area (Å²) in [6.45, 7) is 2.55. The number of carbonyl (C=O) groups excluding carboxylic acids is 1. The Balaban J connectivity index is 2.28. The number of hydrogen-bond acceptors (Lipinski definition) is 4. The maximum Gasteiger partial charge on any atom is 0.238 e. The van der Waals surface area contributed by atoms with E-state index in [1.807, 2.05) is 14.0 Å². The molecule has 0 aliphatic carbocycles. The number of likely N-dealkylation sites (N-methyl/N-ethyl adjacent to an activating group) is 1. The van der Waals surface area contributed by atoms with Crippen LogP contribution in [0.2, 0.25) is 0 Å². The smallest absolute Gasteiger partial charge is 0.238 e. The molecule has 1 aromatic heterocycles. The lowest BCUT2D eigenvalue weighted by Crippen LogP contribution is -2.42. The summed E-state index contributed by atoms with van der Waals surface area (Å²) in [4.78, 5) is 17.2. The van der Waals surface area contributed by atoms with Crippen molar-refractivity contribution in [1.29, 1.82) is 0 Å². The van der Waals surface area contributed by atoms with E-state index in [-0.39, 0.29) is 11.9 Å². The second-order valence-corrected chi connectivity index (χ2v) is 3.99. The molecule has 1 rings (SSSR count). The maximum atomic E-state index is 11.5. The molecule has 1 amide bonds. The van der Waals surface area contributed by atoms with Crippen LogP contribution < -0.4 is 5.32 Å². The van der Waals surface area contributed by atoms with Gasteiger partial charge in [-0.05, 0) is 6.92 Å². The van der Waals surface area contributed by atoms with Gasteiger partial charge in [0.25, 0.3) is 0 Å². The van der Waals surface area contributed by atoms with Gasteiger partial charge in [0.15, 0.2) is 5.82 Å². The van der Waals surface area contributed by atoms with Crippen molar-refractivity contribution in [3.8, 4) is 0 Å². The number of aromatic nitrogens is 3. The van der Waals surface area contributed by atoms with Gasteiger partial charge in [-0.2, -0.15) is 5.10 Å². The highest BCUT2D eigenvalue weighted by molar-refractivity contribution is 5.80. The molecule has 1 aromatic rings. The van der Waals surface area contributed by atoms with Gasteiger partial charge >= 0.3 is 0 Å². The SMILES string of the molecule is CC(NCCc1ncn(C)n1)C(=O)N(C)C. The summed E-state index contributed by atoms with van der Waals surface area (Å²) >= 11 is 0. The first-order valence-electron chi connectivity index (χ1n) is 5.29. The Labute approximate surface area is 95.6 Å². The Hall–Kier alpha value is -1.43. The minimum absolute atomic E-state index is 0.0778. The average Bonchev–Trinajstić information content (AvgIpc) is 2.62. The molecule has 1 atom stereocenters. The number of amides is 1. The van der Waals surface area contributed by atoms with Crippen LogP contribution in [0.25, 0.3) is 0 Å². The second kappa shape index (κ2) is 5.60. The summed E-state index contributed by atoms with van der Waals surface area (Å²) in [7, 11) is 5.34. The van der Waals surface area contributed by atoms with Crippen molar-refractivity contribution >= 4 is 5.91 Å². The zero-order valence-electron chi connectivity index (χ0n) is 10.3. The van der Waals surface area contributed by atoms with Crippen LogP contribution in [0.1, 0.15) is 12.7 Å². The molecule has 0 aliphatic heterocycles. The highest BCUT2D eigenvalue weighted by atomic mass is 16.2. The van der Waals surface area contributed by atoms with E-state index < -0.39 is 0 Å². The van der Waals surface area contributed by atoms with Gasteiger partial charge in [-0.25, -0.2) is 4.98 Å². The van der Waals surface area contributed by atoms with Crippen molar-refractivity contribution in [1.82, 2.24) is 25.0 Å². The predicted octanol–water partition coefficient (Wildman–Crippen LogP) is -0.576. The van der Waals surface area contributed by atoms with Crippen LogP contribution >= 0.6 is 0 Å². The zero-order valence-corrected chi connectivity index (χ0v) is 10.3. The molecule has 0 aromatic carbocycles. The number of hydrogen-bond donors (Lipinski definition) is 1. The minimum Gasteiger partial charge on any atom is -0.347 e. The molecule has 0 bridgehead atoms. The van der Waals surface area contributed by atoms with Gasteiger partial charge in [0.05, 0.1) is 6.04 Å². The summed E-state index contributed by atoms with van der Waals surface area (Å²) < 4.78 is 1.67. The second-order valence-electron chi connectivity index (χ2n) is 3.99. The topological polar surface area (TPSA) is 63.1 Å². The van der Waals surface area contributed by atoms with Crippen molar-refractivity contribution in [2.45, 2.75) is 19.4 Å². The van der Waals surface area contributed by atoms with E-state index in [9.17, 15) is 4.79 Å². The van der Waals surface area contributed by atoms with Crippen LogP contribution in [0.4, 0.5) is 0 Å². The van der Waals surface area contributed by atoms with Gasteiger partial charge in [0.1, 0.15) is 6.33 Å². The van der Waals surface area contributed by atoms with Crippen LogP contribution in [0, 0.1) is 0 Å². The van der Waals surface area contributed by atoms with E-state index in [1.54, 1.807) is 30.0 Å². The number of aryl methyl sites for hydroxylation is 1. The quantitative estimate of drug-likeness (QED) is 0.728. The predicted molar refractivity (Wildman–Crippen MR) is 60.9 cm³/mol. The van der Waals surface area contributed by atoms with Crippen molar-refractivity contribution < 1.29 is 4.79 Å². The lowest BCUT2D eigenvalue weighted by atomic mass is 10.3. The van der Waals surface area contributed by atoms with Gasteiger partial charge in [0, 0.05) is 34.1 Å². The molecular formula is C10H19N5O. The lowest BCUT2D eigenvalue weighted by Gasteiger charge is -2.17. The number of rotatable bonds is 5. The minimum atomic E-state index is -0.168. The Kier molecular flexibility index (Phi) is 4.42. The first-order valence-corrected chi connectivity index (χ1v) is 5.29. The van der Waals surface area contributed by atoms with Gasteiger partial charge in [-0.1, -0.05) is 0 Å². The summed E-state index contributed by atoms with van der Waals surface area (Å²) in [5.41, 5.74) is 0. The molecule has 16 heavy (non-hydrogen) atoms. The molecule has 0 fully saturated rings. The highest BCUT2D eigenvalue weighted by Gasteiger charge is 2.13. The van der Waals surface area contributed by atoms with Crippen molar-refractivity contribution in [3.05, 3.63) is 12.2 Å².